The van der Waals surface area contributed by atoms with E-state index in [1.165, 1.54) is 0 Å². The number of thioether (sulfide) groups is 1. The van der Waals surface area contributed by atoms with E-state index in [9.17, 15) is 25.9 Å². The van der Waals surface area contributed by atoms with Gasteiger partial charge in [-0.1, -0.05) is 120 Å². The van der Waals surface area contributed by atoms with E-state index in [2.05, 4.69) is 82.3 Å². The van der Waals surface area contributed by atoms with Gasteiger partial charge < -0.3 is 4.90 Å². The summed E-state index contributed by atoms with van der Waals surface area (Å²) in [6.45, 7) is 2.78. The van der Waals surface area contributed by atoms with E-state index in [1.54, 1.807) is 23.1 Å². The van der Waals surface area contributed by atoms with Crippen LogP contribution in [0.4, 0.5) is 5.69 Å². The van der Waals surface area contributed by atoms with Crippen LogP contribution in [0.1, 0.15) is 47.0 Å². The highest BCUT2D eigenvalue weighted by molar-refractivity contribution is 8.03. The Kier molecular flexibility index (Phi) is 11.9. The summed E-state index contributed by atoms with van der Waals surface area (Å²) < 4.78 is 68.4. The quantitative estimate of drug-likeness (QED) is 0.0654. The predicted molar refractivity (Wildman–Crippen MR) is 216 cm³/mol. The molecule has 0 saturated carbocycles. The Bertz CT molecular complexity index is 2400. The van der Waals surface area contributed by atoms with E-state index in [0.717, 1.165) is 58.7 Å². The van der Waals surface area contributed by atoms with Crippen molar-refractivity contribution >= 4 is 89.6 Å². The Balaban J connectivity index is 1.33. The fourth-order valence-corrected chi connectivity index (χ4v) is 9.22. The number of fused-ring (bicyclic) bond motifs is 2. The van der Waals surface area contributed by atoms with E-state index in [-0.39, 0.29) is 24.3 Å². The molecule has 4 aromatic carbocycles. The number of aromatic nitrogens is 1. The van der Waals surface area contributed by atoms with Gasteiger partial charge in [-0.2, -0.15) is 21.4 Å². The molecule has 6 rings (SSSR count). The van der Waals surface area contributed by atoms with Crippen molar-refractivity contribution in [3.63, 3.8) is 0 Å². The first kappa shape index (κ1) is 37.5. The van der Waals surface area contributed by atoms with Gasteiger partial charge in [0.1, 0.15) is 4.70 Å². The van der Waals surface area contributed by atoms with Gasteiger partial charge in [-0.3, -0.25) is 9.11 Å². The topological polar surface area (TPSA) is 116 Å². The highest BCUT2D eigenvalue weighted by Gasteiger charge is 2.26. The lowest BCUT2D eigenvalue weighted by Gasteiger charge is -2.20. The average molecular weight is 772 g/mol. The maximum Gasteiger partial charge on any atom is 0.265 e. The maximum atomic E-state index is 11.6. The van der Waals surface area contributed by atoms with E-state index in [0.29, 0.717) is 13.1 Å². The Hall–Kier alpha value is -4.30. The van der Waals surface area contributed by atoms with Gasteiger partial charge in [0.05, 0.1) is 22.2 Å². The summed E-state index contributed by atoms with van der Waals surface area (Å²) in [4.78, 5) is 3.14. The average Bonchev–Trinajstić information content (AvgIpc) is 3.62. The first-order chi connectivity index (χ1) is 24.9. The lowest BCUT2D eigenvalue weighted by atomic mass is 10.1. The Morgan fingerprint density at radius 1 is 0.731 bits per heavy atom. The van der Waals surface area contributed by atoms with Gasteiger partial charge in [-0.15, -0.1) is 0 Å². The van der Waals surface area contributed by atoms with Gasteiger partial charge in [-0.25, -0.2) is 0 Å². The summed E-state index contributed by atoms with van der Waals surface area (Å²) in [5.74, 6) is -0.680. The van der Waals surface area contributed by atoms with Crippen molar-refractivity contribution in [1.29, 1.82) is 0 Å². The van der Waals surface area contributed by atoms with Crippen molar-refractivity contribution in [2.24, 2.45) is 0 Å². The molecule has 2 N–H and O–H groups in total. The SMILES string of the molecule is CC(=Cc1sc2ccc(C=Cc3ccccc3)cc2[n+]1CCCS(=O)(=O)O)C=C1Sc2ccc(C=Cc3ccccc3)cc2N1CCCS(=O)(=O)O. The highest BCUT2D eigenvalue weighted by Crippen LogP contribution is 2.47. The highest BCUT2D eigenvalue weighted by atomic mass is 32.2. The number of thiazole rings is 1. The third kappa shape index (κ3) is 10.4. The van der Waals surface area contributed by atoms with Crippen molar-refractivity contribution in [1.82, 2.24) is 0 Å². The van der Waals surface area contributed by atoms with E-state index in [4.69, 9.17) is 0 Å². The number of nitrogens with zero attached hydrogens (tertiary/aromatic N) is 2. The van der Waals surface area contributed by atoms with E-state index >= 15 is 0 Å². The molecule has 0 fully saturated rings. The molecule has 0 unspecified atom stereocenters. The molecule has 0 radical (unpaired) electrons. The predicted octanol–water partition coefficient (Wildman–Crippen LogP) is 8.94. The van der Waals surface area contributed by atoms with Crippen LogP contribution in [0.3, 0.4) is 0 Å². The molecule has 0 spiro atoms. The molecular weight excluding hydrogens is 733 g/mol. The molecule has 1 aromatic heterocycles. The molecule has 0 amide bonds. The molecule has 12 heteroatoms. The second-order valence-electron chi connectivity index (χ2n) is 12.4. The number of aryl methyl sites for hydroxylation is 1. The first-order valence-electron chi connectivity index (χ1n) is 16.7. The lowest BCUT2D eigenvalue weighted by Crippen LogP contribution is -2.36. The minimum absolute atomic E-state index is 0.244. The van der Waals surface area contributed by atoms with Gasteiger partial charge >= 0.3 is 0 Å². The van der Waals surface area contributed by atoms with E-state index < -0.39 is 20.2 Å². The van der Waals surface area contributed by atoms with Gasteiger partial charge in [0.25, 0.3) is 25.2 Å². The zero-order chi connectivity index (χ0) is 36.7. The van der Waals surface area contributed by atoms with Crippen molar-refractivity contribution in [3.8, 4) is 0 Å². The van der Waals surface area contributed by atoms with E-state index in [1.807, 2.05) is 67.6 Å². The number of allylic oxidation sites excluding steroid dienone is 2. The minimum atomic E-state index is -4.11. The number of hydrogen-bond donors (Lipinski definition) is 2. The van der Waals surface area contributed by atoms with Crippen LogP contribution in [0.5, 0.6) is 0 Å². The van der Waals surface area contributed by atoms with Crippen molar-refractivity contribution < 1.29 is 30.5 Å². The number of anilines is 1. The fourth-order valence-electron chi connectivity index (χ4n) is 5.87. The van der Waals surface area contributed by atoms with Crippen LogP contribution in [0.25, 0.3) is 40.6 Å². The zero-order valence-electron chi connectivity index (χ0n) is 28.5. The van der Waals surface area contributed by atoms with Crippen LogP contribution in [0.2, 0.25) is 0 Å². The van der Waals surface area contributed by atoms with Crippen molar-refractivity contribution in [3.05, 3.63) is 141 Å². The molecular formula is C40H39N2O6S4+. The molecule has 268 valence electrons. The fraction of sp³-hybridized carbons (Fsp3) is 0.175. The van der Waals surface area contributed by atoms with Crippen LogP contribution in [-0.4, -0.2) is 44.0 Å². The summed E-state index contributed by atoms with van der Waals surface area (Å²) in [6, 6.07) is 32.5. The second-order valence-corrected chi connectivity index (χ2v) is 17.7. The lowest BCUT2D eigenvalue weighted by molar-refractivity contribution is -0.668. The Labute approximate surface area is 313 Å². The normalized spacial score (nSPS) is 14.7. The molecule has 0 bridgehead atoms. The molecule has 1 aliphatic heterocycles. The summed E-state index contributed by atoms with van der Waals surface area (Å²) in [5, 5.41) is 1.85. The third-order valence-corrected chi connectivity index (χ3v) is 12.1. The zero-order valence-corrected chi connectivity index (χ0v) is 31.8. The summed E-state index contributed by atoms with van der Waals surface area (Å²) >= 11 is 3.20. The Morgan fingerprint density at radius 2 is 1.31 bits per heavy atom. The van der Waals surface area contributed by atoms with Gasteiger partial charge in [-0.05, 0) is 65.4 Å². The molecule has 8 nitrogen and oxygen atoms in total. The molecule has 5 aromatic rings. The maximum absolute atomic E-state index is 11.6. The van der Waals surface area contributed by atoms with Crippen LogP contribution < -0.4 is 9.47 Å². The largest absolute Gasteiger partial charge is 0.335 e. The second kappa shape index (κ2) is 16.6. The number of hydrogen-bond acceptors (Lipinski definition) is 7. The standard InChI is InChI=1S/C40H38N2O6S4/c1-30(26-39-41(22-8-24-51(43,44)45)35-28-33(18-20-37(35)49-39)16-14-31-10-4-2-5-11-31)27-40-42(23-9-25-52(46,47)48)36-29-34(19-21-38(36)50-40)17-15-32-12-6-3-7-13-32/h2-7,10-21,26-29H,8-9,22-25H2,1H3,(H-,43,44,45,46,47,48)/p+1. The number of rotatable bonds is 14. The monoisotopic (exact) mass is 771 g/mol. The van der Waals surface area contributed by atoms with Gasteiger partial charge in [0.2, 0.25) is 5.52 Å². The number of benzene rings is 4. The van der Waals surface area contributed by atoms with Crippen molar-refractivity contribution in [2.45, 2.75) is 31.2 Å². The first-order valence-corrected chi connectivity index (χ1v) is 21.6. The van der Waals surface area contributed by atoms with Crippen LogP contribution in [0, 0.1) is 0 Å². The van der Waals surface area contributed by atoms with Crippen LogP contribution in [-0.2, 0) is 26.8 Å². The molecule has 2 heterocycles. The molecule has 0 aliphatic carbocycles. The van der Waals surface area contributed by atoms with Crippen LogP contribution in [0.15, 0.2) is 119 Å². The summed E-state index contributed by atoms with van der Waals surface area (Å²) in [6.07, 6.45) is 12.8. The third-order valence-electron chi connectivity index (χ3n) is 8.31. The molecule has 0 atom stereocenters. The smallest absolute Gasteiger partial charge is 0.265 e. The van der Waals surface area contributed by atoms with Gasteiger partial charge in [0.15, 0.2) is 6.54 Å². The Morgan fingerprint density at radius 3 is 1.94 bits per heavy atom. The molecule has 0 saturated heterocycles. The minimum Gasteiger partial charge on any atom is -0.335 e. The van der Waals surface area contributed by atoms with Gasteiger partial charge in [0, 0.05) is 30.0 Å². The van der Waals surface area contributed by atoms with Crippen molar-refractivity contribution in [2.75, 3.05) is 23.0 Å². The molecule has 52 heavy (non-hydrogen) atoms. The summed E-state index contributed by atoms with van der Waals surface area (Å²) in [5.41, 5.74) is 7.05. The summed E-state index contributed by atoms with van der Waals surface area (Å²) in [7, 11) is -8.22. The molecule has 1 aliphatic rings. The van der Waals surface area contributed by atoms with Crippen LogP contribution >= 0.6 is 23.1 Å².